The van der Waals surface area contributed by atoms with Crippen LogP contribution in [0.25, 0.3) is 12.2 Å². The first-order chi connectivity index (χ1) is 12.0. The molecule has 0 spiro atoms. The van der Waals surface area contributed by atoms with Gasteiger partial charge in [0.25, 0.3) is 0 Å². The van der Waals surface area contributed by atoms with E-state index in [0.29, 0.717) is 37.2 Å². The summed E-state index contributed by atoms with van der Waals surface area (Å²) in [6, 6.07) is 0.977. The van der Waals surface area contributed by atoms with Gasteiger partial charge < -0.3 is 21.7 Å². The molecule has 0 aliphatic carbocycles. The number of anilines is 1. The van der Waals surface area contributed by atoms with E-state index in [1.165, 1.54) is 6.20 Å². The molecule has 3 amide bonds. The van der Waals surface area contributed by atoms with Crippen molar-refractivity contribution in [2.45, 2.75) is 18.9 Å². The number of nitrogens with two attached hydrogens (primary N) is 1. The van der Waals surface area contributed by atoms with Crippen LogP contribution in [-0.4, -0.2) is 42.3 Å². The second-order valence-corrected chi connectivity index (χ2v) is 5.19. The Kier molecular flexibility index (Phi) is 8.59. The van der Waals surface area contributed by atoms with E-state index in [-0.39, 0.29) is 6.54 Å². The number of carbonyl (C=O) groups is 3. The standard InChI is InChI=1S/C17H23N5O3/c1-3-12-8-13(9-20-15(12)4-2)22-16(24)10-21-17(25)14(18)6-5-7-19-11-23/h3-4,8-9,11,14H,1-2,5-7,10,18H2,(H,19,23)(H,21,25)(H,22,24). The topological polar surface area (TPSA) is 126 Å². The van der Waals surface area contributed by atoms with Gasteiger partial charge >= 0.3 is 0 Å². The molecule has 0 saturated carbocycles. The summed E-state index contributed by atoms with van der Waals surface area (Å²) in [5, 5.41) is 7.59. The van der Waals surface area contributed by atoms with Crippen LogP contribution in [0, 0.1) is 0 Å². The highest BCUT2D eigenvalue weighted by Crippen LogP contribution is 2.15. The molecule has 8 heteroatoms. The molecule has 25 heavy (non-hydrogen) atoms. The van der Waals surface area contributed by atoms with Crippen molar-refractivity contribution in [2.75, 3.05) is 18.4 Å². The Morgan fingerprint density at radius 2 is 2.08 bits per heavy atom. The smallest absolute Gasteiger partial charge is 0.243 e. The molecular weight excluding hydrogens is 322 g/mol. The van der Waals surface area contributed by atoms with Crippen LogP contribution < -0.4 is 21.7 Å². The second-order valence-electron chi connectivity index (χ2n) is 5.19. The quantitative estimate of drug-likeness (QED) is 0.338. The Morgan fingerprint density at radius 1 is 1.32 bits per heavy atom. The Hall–Kier alpha value is -3.00. The number of pyridine rings is 1. The third kappa shape index (κ3) is 6.96. The summed E-state index contributed by atoms with van der Waals surface area (Å²) in [5.74, 6) is -0.820. The number of carbonyl (C=O) groups excluding carboxylic acids is 3. The molecule has 0 bridgehead atoms. The highest BCUT2D eigenvalue weighted by molar-refractivity contribution is 5.95. The first kappa shape index (κ1) is 20.0. The zero-order valence-electron chi connectivity index (χ0n) is 14.0. The highest BCUT2D eigenvalue weighted by atomic mass is 16.2. The van der Waals surface area contributed by atoms with E-state index in [0.717, 1.165) is 5.56 Å². The van der Waals surface area contributed by atoms with Crippen molar-refractivity contribution in [2.24, 2.45) is 5.73 Å². The summed E-state index contributed by atoms with van der Waals surface area (Å²) in [6.45, 7) is 7.57. The minimum atomic E-state index is -0.734. The largest absolute Gasteiger partial charge is 0.359 e. The molecule has 0 aromatic carbocycles. The number of nitrogens with one attached hydrogen (secondary N) is 3. The van der Waals surface area contributed by atoms with Gasteiger partial charge in [-0.15, -0.1) is 0 Å². The van der Waals surface area contributed by atoms with Gasteiger partial charge in [-0.05, 0) is 25.0 Å². The van der Waals surface area contributed by atoms with E-state index < -0.39 is 17.9 Å². The van der Waals surface area contributed by atoms with Crippen LogP contribution in [-0.2, 0) is 14.4 Å². The Bertz CT molecular complexity index is 645. The van der Waals surface area contributed by atoms with Gasteiger partial charge in [-0.3, -0.25) is 19.4 Å². The molecule has 0 aliphatic rings. The zero-order chi connectivity index (χ0) is 18.7. The fourth-order valence-electron chi connectivity index (χ4n) is 2.01. The van der Waals surface area contributed by atoms with Crippen molar-refractivity contribution in [3.05, 3.63) is 36.7 Å². The molecule has 5 N–H and O–H groups in total. The van der Waals surface area contributed by atoms with Crippen molar-refractivity contribution in [3.8, 4) is 0 Å². The summed E-state index contributed by atoms with van der Waals surface area (Å²) in [5.41, 5.74) is 7.61. The predicted octanol–water partition coefficient (Wildman–Crippen LogP) is 0.276. The predicted molar refractivity (Wildman–Crippen MR) is 97.3 cm³/mol. The van der Waals surface area contributed by atoms with Crippen molar-refractivity contribution >= 4 is 36.1 Å². The van der Waals surface area contributed by atoms with Crippen LogP contribution in [0.1, 0.15) is 24.1 Å². The molecule has 1 aromatic heterocycles. The zero-order valence-corrected chi connectivity index (χ0v) is 14.0. The maximum atomic E-state index is 11.9. The summed E-state index contributed by atoms with van der Waals surface area (Å²) >= 11 is 0. The number of hydrogen-bond donors (Lipinski definition) is 4. The van der Waals surface area contributed by atoms with Gasteiger partial charge in [0.1, 0.15) is 0 Å². The first-order valence-electron chi connectivity index (χ1n) is 7.77. The molecule has 0 aliphatic heterocycles. The normalized spacial score (nSPS) is 11.1. The van der Waals surface area contributed by atoms with Crippen molar-refractivity contribution < 1.29 is 14.4 Å². The van der Waals surface area contributed by atoms with Gasteiger partial charge in [-0.25, -0.2) is 0 Å². The molecule has 0 radical (unpaired) electrons. The van der Waals surface area contributed by atoms with E-state index in [4.69, 9.17) is 5.73 Å². The van der Waals surface area contributed by atoms with Gasteiger partial charge in [-0.1, -0.05) is 19.2 Å². The molecule has 134 valence electrons. The lowest BCUT2D eigenvalue weighted by atomic mass is 10.1. The average Bonchev–Trinajstić information content (AvgIpc) is 2.62. The minimum Gasteiger partial charge on any atom is -0.359 e. The number of hydrogen-bond acceptors (Lipinski definition) is 5. The second kappa shape index (κ2) is 10.7. The summed E-state index contributed by atoms with van der Waals surface area (Å²) in [4.78, 5) is 38.0. The Balaban J connectivity index is 2.44. The molecule has 1 unspecified atom stereocenters. The van der Waals surface area contributed by atoms with E-state index in [2.05, 4.69) is 34.1 Å². The summed E-state index contributed by atoms with van der Waals surface area (Å²) < 4.78 is 0. The van der Waals surface area contributed by atoms with Crippen LogP contribution in [0.2, 0.25) is 0 Å². The molecule has 0 saturated heterocycles. The van der Waals surface area contributed by atoms with Crippen molar-refractivity contribution in [1.29, 1.82) is 0 Å². The minimum absolute atomic E-state index is 0.203. The average molecular weight is 345 g/mol. The molecule has 8 nitrogen and oxygen atoms in total. The lowest BCUT2D eigenvalue weighted by molar-refractivity contribution is -0.125. The van der Waals surface area contributed by atoms with Crippen LogP contribution in [0.3, 0.4) is 0 Å². The van der Waals surface area contributed by atoms with Crippen molar-refractivity contribution in [1.82, 2.24) is 15.6 Å². The molecule has 1 rings (SSSR count). The molecular formula is C17H23N5O3. The van der Waals surface area contributed by atoms with Crippen LogP contribution >= 0.6 is 0 Å². The third-order valence-electron chi connectivity index (χ3n) is 3.33. The molecule has 1 aromatic rings. The lowest BCUT2D eigenvalue weighted by Gasteiger charge is -2.12. The van der Waals surface area contributed by atoms with E-state index in [9.17, 15) is 14.4 Å². The van der Waals surface area contributed by atoms with E-state index in [1.807, 2.05) is 0 Å². The maximum absolute atomic E-state index is 11.9. The number of rotatable bonds is 11. The van der Waals surface area contributed by atoms with Gasteiger partial charge in [0.2, 0.25) is 18.2 Å². The maximum Gasteiger partial charge on any atom is 0.243 e. The lowest BCUT2D eigenvalue weighted by Crippen LogP contribution is -2.43. The van der Waals surface area contributed by atoms with Crippen LogP contribution in [0.5, 0.6) is 0 Å². The van der Waals surface area contributed by atoms with Gasteiger partial charge in [0.15, 0.2) is 0 Å². The number of aromatic nitrogens is 1. The number of nitrogens with zero attached hydrogens (tertiary/aromatic N) is 1. The van der Waals surface area contributed by atoms with E-state index >= 15 is 0 Å². The summed E-state index contributed by atoms with van der Waals surface area (Å²) in [7, 11) is 0. The van der Waals surface area contributed by atoms with Crippen LogP contribution in [0.4, 0.5) is 5.69 Å². The fraction of sp³-hybridized carbons (Fsp3) is 0.294. The first-order valence-corrected chi connectivity index (χ1v) is 7.77. The number of amides is 3. The van der Waals surface area contributed by atoms with Crippen LogP contribution in [0.15, 0.2) is 25.4 Å². The highest BCUT2D eigenvalue weighted by Gasteiger charge is 2.14. The third-order valence-corrected chi connectivity index (χ3v) is 3.33. The fourth-order valence-corrected chi connectivity index (χ4v) is 2.01. The molecule has 1 atom stereocenters. The molecule has 0 fully saturated rings. The SMILES string of the molecule is C=Cc1cc(NC(=O)CNC(=O)C(N)CCCNC=O)cnc1C=C. The van der Waals surface area contributed by atoms with Gasteiger partial charge in [-0.2, -0.15) is 0 Å². The van der Waals surface area contributed by atoms with Crippen molar-refractivity contribution in [3.63, 3.8) is 0 Å². The van der Waals surface area contributed by atoms with Gasteiger partial charge in [0, 0.05) is 12.1 Å². The van der Waals surface area contributed by atoms with Gasteiger partial charge in [0.05, 0.1) is 30.2 Å². The van der Waals surface area contributed by atoms with E-state index in [1.54, 1.807) is 18.2 Å². The summed E-state index contributed by atoms with van der Waals surface area (Å²) in [6.07, 6.45) is 6.27. The molecule has 1 heterocycles. The monoisotopic (exact) mass is 345 g/mol. The Labute approximate surface area is 146 Å². The Morgan fingerprint density at radius 3 is 2.72 bits per heavy atom.